The number of hydrogen-bond donors (Lipinski definition) is 0. The number of rotatable bonds is 4. The van der Waals surface area contributed by atoms with E-state index in [1.165, 1.54) is 4.31 Å². The Morgan fingerprint density at radius 2 is 1.72 bits per heavy atom. The summed E-state index contributed by atoms with van der Waals surface area (Å²) < 4.78 is 38.7. The predicted molar refractivity (Wildman–Crippen MR) is 107 cm³/mol. The maximum absolute atomic E-state index is 13.1. The topological polar surface area (TPSA) is 89.4 Å². The summed E-state index contributed by atoms with van der Waals surface area (Å²) in [7, 11) is -3.54. The van der Waals surface area contributed by atoms with Crippen LogP contribution in [0.25, 0.3) is 22.4 Å². The van der Waals surface area contributed by atoms with Gasteiger partial charge in [-0.25, -0.2) is 8.42 Å². The van der Waals surface area contributed by atoms with Crippen LogP contribution in [0.3, 0.4) is 0 Å². The van der Waals surface area contributed by atoms with Crippen LogP contribution in [0.15, 0.2) is 74.6 Å². The third-order valence-corrected chi connectivity index (χ3v) is 7.23. The number of hydrogen-bond acceptors (Lipinski definition) is 6. The molecule has 8 heteroatoms. The van der Waals surface area contributed by atoms with Gasteiger partial charge in [-0.3, -0.25) is 0 Å². The number of nitrogens with zero attached hydrogens (tertiary/aromatic N) is 3. The average molecular weight is 409 g/mol. The monoisotopic (exact) mass is 409 g/mol. The Kier molecular flexibility index (Phi) is 4.44. The first-order valence-electron chi connectivity index (χ1n) is 9.47. The van der Waals surface area contributed by atoms with Gasteiger partial charge in [0.1, 0.15) is 0 Å². The third kappa shape index (κ3) is 3.34. The van der Waals surface area contributed by atoms with Gasteiger partial charge in [-0.05, 0) is 47.9 Å². The Labute approximate surface area is 168 Å². The van der Waals surface area contributed by atoms with Gasteiger partial charge in [-0.15, -0.1) is 10.2 Å². The van der Waals surface area contributed by atoms with Crippen molar-refractivity contribution in [1.29, 1.82) is 0 Å². The zero-order chi connectivity index (χ0) is 19.8. The zero-order valence-corrected chi connectivity index (χ0v) is 16.4. The first-order chi connectivity index (χ1) is 14.1. The van der Waals surface area contributed by atoms with Crippen LogP contribution in [0.5, 0.6) is 0 Å². The Morgan fingerprint density at radius 1 is 0.931 bits per heavy atom. The van der Waals surface area contributed by atoms with Crippen molar-refractivity contribution in [2.45, 2.75) is 23.7 Å². The lowest BCUT2D eigenvalue weighted by Crippen LogP contribution is -2.37. The maximum Gasteiger partial charge on any atom is 0.283 e. The second-order valence-electron chi connectivity index (χ2n) is 7.11. The summed E-state index contributed by atoms with van der Waals surface area (Å²) in [5.74, 6) is 1.43. The van der Waals surface area contributed by atoms with E-state index >= 15 is 0 Å². The zero-order valence-electron chi connectivity index (χ0n) is 15.6. The minimum absolute atomic E-state index is 0.0364. The molecule has 7 nitrogen and oxygen atoms in total. The molecule has 148 valence electrons. The maximum atomic E-state index is 13.1. The van der Waals surface area contributed by atoms with Gasteiger partial charge in [0, 0.05) is 19.0 Å². The van der Waals surface area contributed by atoms with E-state index in [0.29, 0.717) is 48.4 Å². The van der Waals surface area contributed by atoms with Gasteiger partial charge in [0.05, 0.1) is 11.2 Å². The van der Waals surface area contributed by atoms with Crippen molar-refractivity contribution in [2.75, 3.05) is 13.1 Å². The van der Waals surface area contributed by atoms with E-state index in [-0.39, 0.29) is 5.92 Å². The highest BCUT2D eigenvalue weighted by molar-refractivity contribution is 7.89. The fourth-order valence-electron chi connectivity index (χ4n) is 3.72. The van der Waals surface area contributed by atoms with Crippen molar-refractivity contribution >= 4 is 20.8 Å². The molecule has 0 bridgehead atoms. The van der Waals surface area contributed by atoms with Gasteiger partial charge >= 0.3 is 0 Å². The van der Waals surface area contributed by atoms with Crippen LogP contribution in [-0.4, -0.2) is 36.0 Å². The smallest absolute Gasteiger partial charge is 0.283 e. The summed E-state index contributed by atoms with van der Waals surface area (Å²) in [6.07, 6.45) is 2.81. The molecule has 1 fully saturated rings. The summed E-state index contributed by atoms with van der Waals surface area (Å²) in [5.41, 5.74) is 0. The highest BCUT2D eigenvalue weighted by Crippen LogP contribution is 2.32. The van der Waals surface area contributed by atoms with Crippen molar-refractivity contribution in [3.63, 3.8) is 0 Å². The standard InChI is InChI=1S/C21H19N3O4S/c25-29(26,18-8-7-15-4-1-2-5-17(15)14-18)24-11-9-16(10-12-24)20-22-23-21(28-20)19-6-3-13-27-19/h1-8,13-14,16H,9-12H2. The van der Waals surface area contributed by atoms with E-state index in [1.54, 1.807) is 30.5 Å². The molecule has 2 aromatic carbocycles. The second kappa shape index (κ2) is 7.13. The normalized spacial score (nSPS) is 16.4. The lowest BCUT2D eigenvalue weighted by molar-refractivity contribution is 0.291. The van der Waals surface area contributed by atoms with Crippen molar-refractivity contribution in [3.8, 4) is 11.7 Å². The molecule has 1 saturated heterocycles. The van der Waals surface area contributed by atoms with Gasteiger partial charge in [0.15, 0.2) is 5.76 Å². The van der Waals surface area contributed by atoms with Crippen molar-refractivity contribution < 1.29 is 17.3 Å². The van der Waals surface area contributed by atoms with E-state index in [0.717, 1.165) is 10.8 Å². The first kappa shape index (κ1) is 18.1. The molecule has 2 aromatic heterocycles. The number of sulfonamides is 1. The number of aromatic nitrogens is 2. The van der Waals surface area contributed by atoms with Gasteiger partial charge < -0.3 is 8.83 Å². The molecule has 1 aliphatic heterocycles. The summed E-state index contributed by atoms with van der Waals surface area (Å²) in [6, 6.07) is 16.5. The molecule has 0 N–H and O–H groups in total. The lowest BCUT2D eigenvalue weighted by Gasteiger charge is -2.29. The van der Waals surface area contributed by atoms with Crippen LogP contribution >= 0.6 is 0 Å². The molecule has 0 radical (unpaired) electrons. The van der Waals surface area contributed by atoms with Crippen molar-refractivity contribution in [2.24, 2.45) is 0 Å². The Balaban J connectivity index is 1.31. The third-order valence-electron chi connectivity index (χ3n) is 5.33. The van der Waals surface area contributed by atoms with Crippen molar-refractivity contribution in [3.05, 3.63) is 66.8 Å². The van der Waals surface area contributed by atoms with Crippen LogP contribution in [0.2, 0.25) is 0 Å². The second-order valence-corrected chi connectivity index (χ2v) is 9.05. The minimum atomic E-state index is -3.54. The molecule has 3 heterocycles. The van der Waals surface area contributed by atoms with Crippen molar-refractivity contribution in [1.82, 2.24) is 14.5 Å². The molecule has 0 amide bonds. The highest BCUT2D eigenvalue weighted by Gasteiger charge is 2.32. The largest absolute Gasteiger partial charge is 0.459 e. The van der Waals surface area contributed by atoms with E-state index in [1.807, 2.05) is 30.3 Å². The SMILES string of the molecule is O=S(=O)(c1ccc2ccccc2c1)N1CCC(c2nnc(-c3ccco3)o2)CC1. The fraction of sp³-hybridized carbons (Fsp3) is 0.238. The minimum Gasteiger partial charge on any atom is -0.459 e. The van der Waals surface area contributed by atoms with Crippen LogP contribution in [0, 0.1) is 0 Å². The van der Waals surface area contributed by atoms with Crippen LogP contribution in [-0.2, 0) is 10.0 Å². The fourth-order valence-corrected chi connectivity index (χ4v) is 5.22. The molecule has 1 aliphatic rings. The Morgan fingerprint density at radius 3 is 2.48 bits per heavy atom. The van der Waals surface area contributed by atoms with E-state index in [9.17, 15) is 8.42 Å². The molecule has 0 unspecified atom stereocenters. The lowest BCUT2D eigenvalue weighted by atomic mass is 9.98. The van der Waals surface area contributed by atoms with Crippen LogP contribution < -0.4 is 0 Å². The Bertz CT molecular complexity index is 1240. The summed E-state index contributed by atoms with van der Waals surface area (Å²) >= 11 is 0. The number of benzene rings is 2. The number of furan rings is 1. The van der Waals surface area contributed by atoms with Gasteiger partial charge in [-0.2, -0.15) is 4.31 Å². The van der Waals surface area contributed by atoms with E-state index in [2.05, 4.69) is 10.2 Å². The molecule has 0 spiro atoms. The Hall–Kier alpha value is -2.97. The molecular weight excluding hydrogens is 390 g/mol. The predicted octanol–water partition coefficient (Wildman–Crippen LogP) is 4.05. The average Bonchev–Trinajstić information content (AvgIpc) is 3.45. The number of piperidine rings is 1. The van der Waals surface area contributed by atoms with Gasteiger partial charge in [-0.1, -0.05) is 30.3 Å². The van der Waals surface area contributed by atoms with Crippen LogP contribution in [0.1, 0.15) is 24.7 Å². The molecular formula is C21H19N3O4S. The molecule has 0 saturated carbocycles. The number of fused-ring (bicyclic) bond motifs is 1. The molecule has 5 rings (SSSR count). The summed E-state index contributed by atoms with van der Waals surface area (Å²) in [6.45, 7) is 0.830. The molecule has 29 heavy (non-hydrogen) atoms. The molecule has 4 aromatic rings. The van der Waals surface area contributed by atoms with Gasteiger partial charge in [0.25, 0.3) is 5.89 Å². The summed E-state index contributed by atoms with van der Waals surface area (Å²) in [5, 5.41) is 10.1. The van der Waals surface area contributed by atoms with Crippen LogP contribution in [0.4, 0.5) is 0 Å². The first-order valence-corrected chi connectivity index (χ1v) is 10.9. The summed E-state index contributed by atoms with van der Waals surface area (Å²) in [4.78, 5) is 0.326. The highest BCUT2D eigenvalue weighted by atomic mass is 32.2. The van der Waals surface area contributed by atoms with E-state index in [4.69, 9.17) is 8.83 Å². The molecule has 0 aliphatic carbocycles. The quantitative estimate of drug-likeness (QED) is 0.505. The van der Waals surface area contributed by atoms with Gasteiger partial charge in [0.2, 0.25) is 15.9 Å². The van der Waals surface area contributed by atoms with E-state index < -0.39 is 10.0 Å². The molecule has 0 atom stereocenters.